The summed E-state index contributed by atoms with van der Waals surface area (Å²) in [5.74, 6) is 0. The summed E-state index contributed by atoms with van der Waals surface area (Å²) in [6.07, 6.45) is 1.18. The Hall–Kier alpha value is -0.0800. The fraction of sp³-hybridized carbons (Fsp3) is 1.00. The van der Waals surface area contributed by atoms with Crippen LogP contribution in [0, 0.1) is 0 Å². The van der Waals surface area contributed by atoms with Crippen LogP contribution in [0.5, 0.6) is 0 Å². The molecule has 2 atom stereocenters. The quantitative estimate of drug-likeness (QED) is 0.664. The van der Waals surface area contributed by atoms with Crippen molar-refractivity contribution in [3.8, 4) is 0 Å². The molecular weight excluding hydrogens is 160 g/mol. The van der Waals surface area contributed by atoms with Gasteiger partial charge in [-0.1, -0.05) is 34.6 Å². The molecule has 0 rings (SSSR count). The van der Waals surface area contributed by atoms with E-state index in [4.69, 9.17) is 0 Å². The minimum atomic E-state index is 0.549. The van der Waals surface area contributed by atoms with Crippen molar-refractivity contribution in [2.24, 2.45) is 0 Å². The highest BCUT2D eigenvalue weighted by molar-refractivity contribution is 4.79. The summed E-state index contributed by atoms with van der Waals surface area (Å²) in [6, 6.07) is 2.27. The number of hydrogen-bond donors (Lipinski definition) is 2. The molecule has 0 radical (unpaired) electrons. The van der Waals surface area contributed by atoms with Gasteiger partial charge in [0.25, 0.3) is 0 Å². The zero-order valence-electron chi connectivity index (χ0n) is 10.0. The fourth-order valence-corrected chi connectivity index (χ4v) is 1.69. The third kappa shape index (κ3) is 6.05. The van der Waals surface area contributed by atoms with Gasteiger partial charge in [-0.25, -0.2) is 0 Å². The predicted molar refractivity (Wildman–Crippen MR) is 60.1 cm³/mol. The zero-order chi connectivity index (χ0) is 10.4. The van der Waals surface area contributed by atoms with Crippen molar-refractivity contribution in [2.45, 2.75) is 72.1 Å². The first-order valence-corrected chi connectivity index (χ1v) is 5.49. The van der Waals surface area contributed by atoms with Crippen LogP contribution in [0.25, 0.3) is 0 Å². The van der Waals surface area contributed by atoms with Gasteiger partial charge in [0.15, 0.2) is 0 Å². The first-order chi connectivity index (χ1) is 5.97. The molecule has 0 aliphatic heterocycles. The number of rotatable bonds is 6. The molecule has 2 heteroatoms. The minimum Gasteiger partial charge on any atom is -0.311 e. The van der Waals surface area contributed by atoms with Gasteiger partial charge in [0.05, 0.1) is 0 Å². The van der Waals surface area contributed by atoms with Crippen LogP contribution in [0.2, 0.25) is 0 Å². The van der Waals surface area contributed by atoms with Crippen molar-refractivity contribution in [3.05, 3.63) is 0 Å². The Balaban J connectivity index is 3.91. The van der Waals surface area contributed by atoms with Crippen LogP contribution >= 0.6 is 0 Å². The predicted octanol–water partition coefficient (Wildman–Crippen LogP) is 2.15. The average molecular weight is 186 g/mol. The summed E-state index contributed by atoms with van der Waals surface area (Å²) in [7, 11) is 0. The van der Waals surface area contributed by atoms with Crippen LogP contribution in [-0.2, 0) is 0 Å². The Morgan fingerprint density at radius 3 is 1.62 bits per heavy atom. The van der Waals surface area contributed by atoms with E-state index in [1.807, 2.05) is 0 Å². The van der Waals surface area contributed by atoms with Crippen molar-refractivity contribution >= 4 is 0 Å². The van der Waals surface area contributed by atoms with Crippen LogP contribution in [0.15, 0.2) is 0 Å². The van der Waals surface area contributed by atoms with E-state index in [-0.39, 0.29) is 0 Å². The maximum atomic E-state index is 3.57. The topological polar surface area (TPSA) is 24.1 Å². The smallest absolute Gasteiger partial charge is 0.0218 e. The van der Waals surface area contributed by atoms with E-state index in [1.165, 1.54) is 6.42 Å². The highest BCUT2D eigenvalue weighted by atomic mass is 15.0. The van der Waals surface area contributed by atoms with Gasteiger partial charge in [-0.05, 0) is 13.3 Å². The summed E-state index contributed by atoms with van der Waals surface area (Å²) < 4.78 is 0. The Labute approximate surface area is 83.5 Å². The molecule has 0 aliphatic rings. The molecule has 0 saturated heterocycles. The lowest BCUT2D eigenvalue weighted by molar-refractivity contribution is 0.339. The maximum Gasteiger partial charge on any atom is 0.0218 e. The number of nitrogens with one attached hydrogen (secondary N) is 2. The van der Waals surface area contributed by atoms with E-state index in [1.54, 1.807) is 0 Å². The van der Waals surface area contributed by atoms with E-state index in [0.29, 0.717) is 24.2 Å². The molecule has 2 unspecified atom stereocenters. The van der Waals surface area contributed by atoms with Crippen LogP contribution < -0.4 is 10.6 Å². The van der Waals surface area contributed by atoms with Crippen LogP contribution in [0.4, 0.5) is 0 Å². The van der Waals surface area contributed by atoms with Crippen molar-refractivity contribution in [1.82, 2.24) is 10.6 Å². The maximum absolute atomic E-state index is 3.57. The van der Waals surface area contributed by atoms with E-state index in [2.05, 4.69) is 52.2 Å². The van der Waals surface area contributed by atoms with Crippen molar-refractivity contribution < 1.29 is 0 Å². The first-order valence-electron chi connectivity index (χ1n) is 5.49. The molecule has 0 aliphatic carbocycles. The normalized spacial score (nSPS) is 16.6. The standard InChI is InChI=1S/C11H26N2/c1-7-11(13-9(4)5)10(6)12-8(2)3/h8-13H,7H2,1-6H3. The van der Waals surface area contributed by atoms with E-state index in [0.717, 1.165) is 0 Å². The van der Waals surface area contributed by atoms with E-state index < -0.39 is 0 Å². The molecule has 80 valence electrons. The largest absolute Gasteiger partial charge is 0.311 e. The zero-order valence-corrected chi connectivity index (χ0v) is 10.0. The molecule has 0 aromatic heterocycles. The third-order valence-corrected chi connectivity index (χ3v) is 2.19. The molecule has 0 aromatic carbocycles. The lowest BCUT2D eigenvalue weighted by Crippen LogP contribution is -2.50. The van der Waals surface area contributed by atoms with Gasteiger partial charge in [-0.3, -0.25) is 0 Å². The first kappa shape index (κ1) is 12.9. The Kier molecular flexibility index (Phi) is 6.35. The molecule has 0 saturated carbocycles. The summed E-state index contributed by atoms with van der Waals surface area (Å²) >= 11 is 0. The van der Waals surface area contributed by atoms with Crippen molar-refractivity contribution in [2.75, 3.05) is 0 Å². The lowest BCUT2D eigenvalue weighted by Gasteiger charge is -2.28. The Morgan fingerprint density at radius 1 is 0.846 bits per heavy atom. The Morgan fingerprint density at radius 2 is 1.31 bits per heavy atom. The molecule has 2 nitrogen and oxygen atoms in total. The van der Waals surface area contributed by atoms with Gasteiger partial charge in [0.1, 0.15) is 0 Å². The van der Waals surface area contributed by atoms with Crippen LogP contribution in [0.3, 0.4) is 0 Å². The van der Waals surface area contributed by atoms with Gasteiger partial charge in [0, 0.05) is 24.2 Å². The van der Waals surface area contributed by atoms with Gasteiger partial charge >= 0.3 is 0 Å². The molecule has 0 heterocycles. The molecule has 13 heavy (non-hydrogen) atoms. The summed E-state index contributed by atoms with van der Waals surface area (Å²) in [5, 5.41) is 7.11. The highest BCUT2D eigenvalue weighted by Crippen LogP contribution is 2.01. The summed E-state index contributed by atoms with van der Waals surface area (Å²) in [4.78, 5) is 0. The molecular formula is C11H26N2. The molecule has 0 amide bonds. The SMILES string of the molecule is CCC(NC(C)C)C(C)NC(C)C. The second-order valence-electron chi connectivity index (χ2n) is 4.45. The second kappa shape index (κ2) is 6.39. The van der Waals surface area contributed by atoms with E-state index in [9.17, 15) is 0 Å². The summed E-state index contributed by atoms with van der Waals surface area (Å²) in [5.41, 5.74) is 0. The van der Waals surface area contributed by atoms with E-state index >= 15 is 0 Å². The molecule has 2 N–H and O–H groups in total. The molecule has 0 bridgehead atoms. The fourth-order valence-electron chi connectivity index (χ4n) is 1.69. The van der Waals surface area contributed by atoms with Crippen molar-refractivity contribution in [1.29, 1.82) is 0 Å². The third-order valence-electron chi connectivity index (χ3n) is 2.19. The van der Waals surface area contributed by atoms with Gasteiger partial charge < -0.3 is 10.6 Å². The van der Waals surface area contributed by atoms with Gasteiger partial charge in [-0.15, -0.1) is 0 Å². The van der Waals surface area contributed by atoms with Gasteiger partial charge in [-0.2, -0.15) is 0 Å². The average Bonchev–Trinajstić information content (AvgIpc) is 1.98. The van der Waals surface area contributed by atoms with Gasteiger partial charge in [0.2, 0.25) is 0 Å². The molecule has 0 aromatic rings. The van der Waals surface area contributed by atoms with Crippen LogP contribution in [-0.4, -0.2) is 24.2 Å². The lowest BCUT2D eigenvalue weighted by atomic mass is 10.1. The van der Waals surface area contributed by atoms with Crippen LogP contribution in [0.1, 0.15) is 48.0 Å². The highest BCUT2D eigenvalue weighted by Gasteiger charge is 2.15. The monoisotopic (exact) mass is 186 g/mol. The molecule has 0 fully saturated rings. The second-order valence-corrected chi connectivity index (χ2v) is 4.45. The Bertz CT molecular complexity index is 121. The summed E-state index contributed by atoms with van der Waals surface area (Å²) in [6.45, 7) is 13.3. The van der Waals surface area contributed by atoms with Crippen molar-refractivity contribution in [3.63, 3.8) is 0 Å². The minimum absolute atomic E-state index is 0.549. The number of hydrogen-bond acceptors (Lipinski definition) is 2. The molecule has 0 spiro atoms.